The Labute approximate surface area is 175 Å². The van der Waals surface area contributed by atoms with Crippen LogP contribution >= 0.6 is 15.9 Å². The first-order chi connectivity index (χ1) is 13.8. The second kappa shape index (κ2) is 7.50. The minimum absolute atomic E-state index is 0.452. The Morgan fingerprint density at radius 3 is 2.69 bits per heavy atom. The summed E-state index contributed by atoms with van der Waals surface area (Å²) < 4.78 is 23.4. The maximum atomic E-state index is 15.3. The highest BCUT2D eigenvalue weighted by molar-refractivity contribution is 9.10. The van der Waals surface area contributed by atoms with Crippen LogP contribution in [0, 0.1) is 18.8 Å². The van der Waals surface area contributed by atoms with Crippen LogP contribution in [0.3, 0.4) is 0 Å². The molecule has 3 aromatic rings. The molecule has 4 atom stereocenters. The van der Waals surface area contributed by atoms with E-state index in [0.29, 0.717) is 22.3 Å². The number of aromatic nitrogens is 3. The van der Waals surface area contributed by atoms with Crippen LogP contribution < -0.4 is 0 Å². The number of aliphatic hydroxyl groups excluding tert-OH is 2. The first-order valence-electron chi connectivity index (χ1n) is 9.06. The number of rotatable bonds is 2. The van der Waals surface area contributed by atoms with Gasteiger partial charge in [0.1, 0.15) is 24.2 Å². The molecule has 1 saturated heterocycles. The van der Waals surface area contributed by atoms with Gasteiger partial charge in [-0.15, -0.1) is 0 Å². The fourth-order valence-corrected chi connectivity index (χ4v) is 3.95. The normalized spacial score (nSPS) is 26.5. The zero-order valence-electron chi connectivity index (χ0n) is 15.8. The zero-order chi connectivity index (χ0) is 20.8. The summed E-state index contributed by atoms with van der Waals surface area (Å²) in [6, 6.07) is 7.59. The summed E-state index contributed by atoms with van der Waals surface area (Å²) in [7, 11) is 0. The van der Waals surface area contributed by atoms with Crippen molar-refractivity contribution in [1.82, 2.24) is 14.5 Å². The van der Waals surface area contributed by atoms with Gasteiger partial charge in [0.25, 0.3) is 0 Å². The van der Waals surface area contributed by atoms with Gasteiger partial charge in [0, 0.05) is 16.2 Å². The standard InChI is InChI=1S/C21H19BrFN3O3/c1-12-17-14(8-7-13-5-3-4-6-15(13)22)9-26(19(17)25-11-24-12)20-21(2,23)18(28)16(10-27)29-20/h3-6,9,11,16,18,20,27-28H,10H2,1-2H3/t16-,18-,20-,21-/m1/s1. The van der Waals surface area contributed by atoms with Crippen molar-refractivity contribution >= 4 is 27.0 Å². The summed E-state index contributed by atoms with van der Waals surface area (Å²) in [6.07, 6.45) is -0.599. The van der Waals surface area contributed by atoms with E-state index in [1.165, 1.54) is 17.8 Å². The molecule has 1 aliphatic rings. The molecule has 1 aliphatic heterocycles. The minimum atomic E-state index is -2.12. The molecule has 0 amide bonds. The first-order valence-corrected chi connectivity index (χ1v) is 9.86. The van der Waals surface area contributed by atoms with Crippen molar-refractivity contribution in [2.75, 3.05) is 6.61 Å². The molecule has 150 valence electrons. The number of aliphatic hydroxyl groups is 2. The molecule has 0 radical (unpaired) electrons. The van der Waals surface area contributed by atoms with Gasteiger partial charge >= 0.3 is 0 Å². The van der Waals surface area contributed by atoms with Crippen molar-refractivity contribution in [3.05, 3.63) is 58.1 Å². The number of halogens is 2. The van der Waals surface area contributed by atoms with E-state index in [4.69, 9.17) is 4.74 Å². The Morgan fingerprint density at radius 2 is 2.00 bits per heavy atom. The number of hydrogen-bond donors (Lipinski definition) is 2. The van der Waals surface area contributed by atoms with Crippen molar-refractivity contribution < 1.29 is 19.3 Å². The number of benzene rings is 1. The predicted molar refractivity (Wildman–Crippen MR) is 109 cm³/mol. The number of ether oxygens (including phenoxy) is 1. The number of aryl methyl sites for hydroxylation is 1. The molecule has 0 aliphatic carbocycles. The highest BCUT2D eigenvalue weighted by Gasteiger charge is 2.55. The molecule has 8 heteroatoms. The maximum absolute atomic E-state index is 15.3. The highest BCUT2D eigenvalue weighted by Crippen LogP contribution is 2.43. The van der Waals surface area contributed by atoms with Crippen LogP contribution in [0.25, 0.3) is 11.0 Å². The van der Waals surface area contributed by atoms with Gasteiger partial charge in [0.15, 0.2) is 11.9 Å². The van der Waals surface area contributed by atoms with Crippen LogP contribution in [0.5, 0.6) is 0 Å². The maximum Gasteiger partial charge on any atom is 0.181 e. The number of hydrogen-bond acceptors (Lipinski definition) is 5. The van der Waals surface area contributed by atoms with E-state index in [1.54, 1.807) is 6.20 Å². The summed E-state index contributed by atoms with van der Waals surface area (Å²) in [4.78, 5) is 8.54. The molecule has 0 saturated carbocycles. The molecule has 3 heterocycles. The van der Waals surface area contributed by atoms with Gasteiger partial charge in [0.2, 0.25) is 0 Å². The zero-order valence-corrected chi connectivity index (χ0v) is 17.4. The molecule has 0 spiro atoms. The predicted octanol–water partition coefficient (Wildman–Crippen LogP) is 2.88. The largest absolute Gasteiger partial charge is 0.394 e. The summed E-state index contributed by atoms with van der Waals surface area (Å²) in [5.74, 6) is 6.23. The van der Waals surface area contributed by atoms with Gasteiger partial charge in [-0.05, 0) is 41.9 Å². The molecule has 2 aromatic heterocycles. The van der Waals surface area contributed by atoms with E-state index < -0.39 is 30.7 Å². The number of nitrogens with zero attached hydrogens (tertiary/aromatic N) is 3. The van der Waals surface area contributed by atoms with Crippen molar-refractivity contribution in [2.24, 2.45) is 0 Å². The topological polar surface area (TPSA) is 80.4 Å². The Bertz CT molecular complexity index is 1140. The van der Waals surface area contributed by atoms with Crippen LogP contribution in [0.1, 0.15) is 30.0 Å². The lowest BCUT2D eigenvalue weighted by atomic mass is 9.98. The lowest BCUT2D eigenvalue weighted by molar-refractivity contribution is -0.0564. The van der Waals surface area contributed by atoms with E-state index >= 15 is 4.39 Å². The molecular weight excluding hydrogens is 441 g/mol. The van der Waals surface area contributed by atoms with Crippen LogP contribution in [-0.2, 0) is 4.74 Å². The van der Waals surface area contributed by atoms with Gasteiger partial charge in [-0.3, -0.25) is 0 Å². The molecular formula is C21H19BrFN3O3. The van der Waals surface area contributed by atoms with Gasteiger partial charge < -0.3 is 19.5 Å². The lowest BCUT2D eigenvalue weighted by Gasteiger charge is -2.25. The Balaban J connectivity index is 1.86. The fraction of sp³-hybridized carbons (Fsp3) is 0.333. The number of alkyl halides is 1. The van der Waals surface area contributed by atoms with E-state index in [2.05, 4.69) is 37.7 Å². The SMILES string of the molecule is Cc1ncnc2c1c(C#Cc1ccccc1Br)cn2[C@@H]1O[C@H](CO)[C@@H](O)[C@@]1(C)F. The van der Waals surface area contributed by atoms with Crippen LogP contribution in [0.2, 0.25) is 0 Å². The average Bonchev–Trinajstić information content (AvgIpc) is 3.17. The summed E-state index contributed by atoms with van der Waals surface area (Å²) in [5, 5.41) is 20.3. The van der Waals surface area contributed by atoms with Crippen molar-refractivity contribution in [3.8, 4) is 11.8 Å². The third-order valence-corrected chi connectivity index (χ3v) is 5.85. The molecule has 6 nitrogen and oxygen atoms in total. The average molecular weight is 460 g/mol. The molecule has 1 fully saturated rings. The quantitative estimate of drug-likeness (QED) is 0.575. The van der Waals surface area contributed by atoms with E-state index in [0.717, 1.165) is 10.0 Å². The second-order valence-electron chi connectivity index (χ2n) is 7.14. The second-order valence-corrected chi connectivity index (χ2v) is 8.00. The molecule has 4 rings (SSSR count). The third kappa shape index (κ3) is 3.34. The Hall–Kier alpha value is -2.31. The number of fused-ring (bicyclic) bond motifs is 1. The van der Waals surface area contributed by atoms with Gasteiger partial charge in [0.05, 0.1) is 23.3 Å². The molecule has 0 bridgehead atoms. The highest BCUT2D eigenvalue weighted by atomic mass is 79.9. The molecule has 29 heavy (non-hydrogen) atoms. The van der Waals surface area contributed by atoms with Crippen LogP contribution in [0.15, 0.2) is 41.3 Å². The molecule has 2 N–H and O–H groups in total. The summed E-state index contributed by atoms with van der Waals surface area (Å²) in [6.45, 7) is 2.59. The third-order valence-electron chi connectivity index (χ3n) is 5.15. The monoisotopic (exact) mass is 459 g/mol. The molecule has 0 unspecified atom stereocenters. The van der Waals surface area contributed by atoms with Crippen molar-refractivity contribution in [3.63, 3.8) is 0 Å². The first kappa shape index (κ1) is 20.0. The van der Waals surface area contributed by atoms with E-state index in [-0.39, 0.29) is 0 Å². The van der Waals surface area contributed by atoms with E-state index in [9.17, 15) is 10.2 Å². The van der Waals surface area contributed by atoms with Crippen molar-refractivity contribution in [2.45, 2.75) is 38.0 Å². The Morgan fingerprint density at radius 1 is 1.28 bits per heavy atom. The summed E-state index contributed by atoms with van der Waals surface area (Å²) >= 11 is 3.48. The summed E-state index contributed by atoms with van der Waals surface area (Å²) in [5.41, 5.74) is 0.462. The fourth-order valence-electron chi connectivity index (χ4n) is 3.57. The van der Waals surface area contributed by atoms with Crippen molar-refractivity contribution in [1.29, 1.82) is 0 Å². The smallest absolute Gasteiger partial charge is 0.181 e. The molecule has 1 aromatic carbocycles. The van der Waals surface area contributed by atoms with Crippen LogP contribution in [0.4, 0.5) is 4.39 Å². The minimum Gasteiger partial charge on any atom is -0.394 e. The van der Waals surface area contributed by atoms with Gasteiger partial charge in [-0.2, -0.15) is 0 Å². The van der Waals surface area contributed by atoms with E-state index in [1.807, 2.05) is 31.2 Å². The van der Waals surface area contributed by atoms with Crippen LogP contribution in [-0.4, -0.2) is 49.2 Å². The van der Waals surface area contributed by atoms with Gasteiger partial charge in [-0.25, -0.2) is 14.4 Å². The lowest BCUT2D eigenvalue weighted by Crippen LogP contribution is -2.40. The van der Waals surface area contributed by atoms with Gasteiger partial charge in [-0.1, -0.05) is 24.0 Å². The Kier molecular flexibility index (Phi) is 5.17.